The van der Waals surface area contributed by atoms with Crippen LogP contribution in [0.5, 0.6) is 0 Å². The van der Waals surface area contributed by atoms with Gasteiger partial charge >= 0.3 is 0 Å². The number of nitrogens with one attached hydrogen (secondary N) is 1. The molecule has 3 heteroatoms. The van der Waals surface area contributed by atoms with Crippen molar-refractivity contribution in [2.45, 2.75) is 40.7 Å². The third-order valence-electron chi connectivity index (χ3n) is 3.63. The van der Waals surface area contributed by atoms with Crippen LogP contribution in [0.4, 0.5) is 4.39 Å². The summed E-state index contributed by atoms with van der Waals surface area (Å²) in [7, 11) is 0. The van der Waals surface area contributed by atoms with Crippen LogP contribution in [0.25, 0.3) is 0 Å². The average molecular weight is 316 g/mol. The van der Waals surface area contributed by atoms with Crippen LogP contribution >= 0.6 is 15.9 Å². The molecule has 102 valence electrons. The number of benzene rings is 1. The van der Waals surface area contributed by atoms with Gasteiger partial charge in [-0.05, 0) is 43.0 Å². The van der Waals surface area contributed by atoms with E-state index >= 15 is 0 Å². The molecule has 2 atom stereocenters. The monoisotopic (exact) mass is 315 g/mol. The van der Waals surface area contributed by atoms with Crippen molar-refractivity contribution in [1.82, 2.24) is 5.32 Å². The molecule has 18 heavy (non-hydrogen) atoms. The Balaban J connectivity index is 2.66. The molecule has 0 heterocycles. The predicted octanol–water partition coefficient (Wildman–Crippen LogP) is 4.92. The van der Waals surface area contributed by atoms with E-state index in [-0.39, 0.29) is 17.3 Å². The Kier molecular flexibility index (Phi) is 5.35. The maximum absolute atomic E-state index is 13.7. The molecule has 1 rings (SSSR count). The standard InChI is InChI=1S/C15H23BrFN/c1-10(15(3,4)5)9-18-11(2)13-8-12(16)6-7-14(13)17/h6-8,10-11,18H,9H2,1-5H3. The van der Waals surface area contributed by atoms with E-state index in [2.05, 4.69) is 48.9 Å². The SMILES string of the molecule is CC(NCC(C)C(C)(C)C)c1cc(Br)ccc1F. The van der Waals surface area contributed by atoms with Crippen molar-refractivity contribution in [2.75, 3.05) is 6.54 Å². The smallest absolute Gasteiger partial charge is 0.128 e. The Morgan fingerprint density at radius 3 is 2.44 bits per heavy atom. The van der Waals surface area contributed by atoms with Crippen LogP contribution in [0.1, 0.15) is 46.2 Å². The summed E-state index contributed by atoms with van der Waals surface area (Å²) in [6, 6.07) is 5.09. The highest BCUT2D eigenvalue weighted by Crippen LogP contribution is 2.26. The minimum absolute atomic E-state index is 0.0206. The third kappa shape index (κ3) is 4.36. The van der Waals surface area contributed by atoms with Gasteiger partial charge in [-0.25, -0.2) is 4.39 Å². The molecule has 0 amide bonds. The van der Waals surface area contributed by atoms with Gasteiger partial charge in [0.05, 0.1) is 0 Å². The number of hydrogen-bond donors (Lipinski definition) is 1. The molecule has 1 nitrogen and oxygen atoms in total. The molecule has 0 aliphatic carbocycles. The maximum Gasteiger partial charge on any atom is 0.128 e. The van der Waals surface area contributed by atoms with E-state index in [9.17, 15) is 4.39 Å². The molecular formula is C15H23BrFN. The first-order valence-electron chi connectivity index (χ1n) is 6.40. The van der Waals surface area contributed by atoms with E-state index in [1.807, 2.05) is 13.0 Å². The van der Waals surface area contributed by atoms with Crippen molar-refractivity contribution in [3.8, 4) is 0 Å². The van der Waals surface area contributed by atoms with E-state index in [0.717, 1.165) is 11.0 Å². The zero-order chi connectivity index (χ0) is 13.9. The van der Waals surface area contributed by atoms with Gasteiger partial charge in [-0.3, -0.25) is 0 Å². The first-order valence-corrected chi connectivity index (χ1v) is 7.19. The summed E-state index contributed by atoms with van der Waals surface area (Å²) in [4.78, 5) is 0. The summed E-state index contributed by atoms with van der Waals surface area (Å²) in [5, 5.41) is 3.41. The van der Waals surface area contributed by atoms with E-state index < -0.39 is 0 Å². The highest BCUT2D eigenvalue weighted by atomic mass is 79.9. The second-order valence-electron chi connectivity index (χ2n) is 6.06. The molecule has 0 fully saturated rings. The lowest BCUT2D eigenvalue weighted by Gasteiger charge is -2.29. The van der Waals surface area contributed by atoms with Gasteiger partial charge in [0.2, 0.25) is 0 Å². The second-order valence-corrected chi connectivity index (χ2v) is 6.98. The Bertz CT molecular complexity index is 398. The van der Waals surface area contributed by atoms with Crippen molar-refractivity contribution in [3.05, 3.63) is 34.1 Å². The van der Waals surface area contributed by atoms with Crippen LogP contribution in [0, 0.1) is 17.2 Å². The van der Waals surface area contributed by atoms with Crippen LogP contribution < -0.4 is 5.32 Å². The lowest BCUT2D eigenvalue weighted by atomic mass is 9.82. The molecule has 2 unspecified atom stereocenters. The van der Waals surface area contributed by atoms with Crippen LogP contribution in [-0.4, -0.2) is 6.54 Å². The average Bonchev–Trinajstić information content (AvgIpc) is 2.27. The van der Waals surface area contributed by atoms with Gasteiger partial charge in [-0.15, -0.1) is 0 Å². The molecule has 1 aromatic rings. The summed E-state index contributed by atoms with van der Waals surface area (Å²) >= 11 is 3.38. The number of hydrogen-bond acceptors (Lipinski definition) is 1. The van der Waals surface area contributed by atoms with Crippen LogP contribution in [0.2, 0.25) is 0 Å². The largest absolute Gasteiger partial charge is 0.310 e. The lowest BCUT2D eigenvalue weighted by Crippen LogP contribution is -2.31. The minimum Gasteiger partial charge on any atom is -0.310 e. The van der Waals surface area contributed by atoms with Crippen LogP contribution in [0.15, 0.2) is 22.7 Å². The van der Waals surface area contributed by atoms with Crippen LogP contribution in [-0.2, 0) is 0 Å². The van der Waals surface area contributed by atoms with Gasteiger partial charge < -0.3 is 5.32 Å². The maximum atomic E-state index is 13.7. The Morgan fingerprint density at radius 2 is 1.89 bits per heavy atom. The molecule has 0 spiro atoms. The Labute approximate surface area is 118 Å². The fourth-order valence-corrected chi connectivity index (χ4v) is 1.99. The molecule has 0 radical (unpaired) electrons. The van der Waals surface area contributed by atoms with Gasteiger partial charge in [0.15, 0.2) is 0 Å². The van der Waals surface area contributed by atoms with E-state index in [0.29, 0.717) is 11.5 Å². The zero-order valence-electron chi connectivity index (χ0n) is 11.8. The summed E-state index contributed by atoms with van der Waals surface area (Å²) < 4.78 is 14.6. The summed E-state index contributed by atoms with van der Waals surface area (Å²) in [5.41, 5.74) is 0.980. The Hall–Kier alpha value is -0.410. The molecule has 0 aliphatic rings. The van der Waals surface area contributed by atoms with Gasteiger partial charge in [0.25, 0.3) is 0 Å². The summed E-state index contributed by atoms with van der Waals surface area (Å²) in [6.07, 6.45) is 0. The Morgan fingerprint density at radius 1 is 1.28 bits per heavy atom. The first-order chi connectivity index (χ1) is 8.21. The fourth-order valence-electron chi connectivity index (χ4n) is 1.62. The fraction of sp³-hybridized carbons (Fsp3) is 0.600. The molecule has 0 aromatic heterocycles. The molecule has 0 saturated heterocycles. The second kappa shape index (κ2) is 6.16. The quantitative estimate of drug-likeness (QED) is 0.831. The summed E-state index contributed by atoms with van der Waals surface area (Å²) in [5.74, 6) is 0.386. The topological polar surface area (TPSA) is 12.0 Å². The molecule has 1 N–H and O–H groups in total. The molecule has 0 saturated carbocycles. The minimum atomic E-state index is -0.151. The van der Waals surface area contributed by atoms with Crippen molar-refractivity contribution in [2.24, 2.45) is 11.3 Å². The molecule has 0 aliphatic heterocycles. The van der Waals surface area contributed by atoms with Crippen molar-refractivity contribution in [1.29, 1.82) is 0 Å². The molecule has 0 bridgehead atoms. The van der Waals surface area contributed by atoms with E-state index in [1.165, 1.54) is 6.07 Å². The van der Waals surface area contributed by atoms with Crippen molar-refractivity contribution in [3.63, 3.8) is 0 Å². The van der Waals surface area contributed by atoms with Crippen LogP contribution in [0.3, 0.4) is 0 Å². The number of halogens is 2. The van der Waals surface area contributed by atoms with Gasteiger partial charge in [0, 0.05) is 16.1 Å². The normalized spacial score (nSPS) is 15.5. The van der Waals surface area contributed by atoms with Gasteiger partial charge in [0.1, 0.15) is 5.82 Å². The van der Waals surface area contributed by atoms with Crippen molar-refractivity contribution < 1.29 is 4.39 Å². The summed E-state index contributed by atoms with van der Waals surface area (Å²) in [6.45, 7) is 11.8. The van der Waals surface area contributed by atoms with Gasteiger partial charge in [-0.2, -0.15) is 0 Å². The highest BCUT2D eigenvalue weighted by molar-refractivity contribution is 9.10. The molecular weight excluding hydrogens is 293 g/mol. The zero-order valence-corrected chi connectivity index (χ0v) is 13.4. The van der Waals surface area contributed by atoms with E-state index in [1.54, 1.807) is 6.07 Å². The highest BCUT2D eigenvalue weighted by Gasteiger charge is 2.21. The van der Waals surface area contributed by atoms with Crippen molar-refractivity contribution >= 4 is 15.9 Å². The lowest BCUT2D eigenvalue weighted by molar-refractivity contribution is 0.246. The predicted molar refractivity (Wildman–Crippen MR) is 79.1 cm³/mol. The third-order valence-corrected chi connectivity index (χ3v) is 4.13. The molecule has 1 aromatic carbocycles. The van der Waals surface area contributed by atoms with E-state index in [4.69, 9.17) is 0 Å². The van der Waals surface area contributed by atoms with Gasteiger partial charge in [-0.1, -0.05) is 43.6 Å². The first kappa shape index (κ1) is 15.6. The number of rotatable bonds is 4.